The Labute approximate surface area is 183 Å². The molecule has 1 atom stereocenters. The van der Waals surface area contributed by atoms with E-state index in [1.54, 1.807) is 13.0 Å². The van der Waals surface area contributed by atoms with Crippen LogP contribution in [0, 0.1) is 13.8 Å². The molecule has 0 saturated heterocycles. The number of hydrogen-bond donors (Lipinski definition) is 1. The lowest BCUT2D eigenvalue weighted by Crippen LogP contribution is -2.29. The lowest BCUT2D eigenvalue weighted by atomic mass is 10.0. The Bertz CT molecular complexity index is 960. The Morgan fingerprint density at radius 3 is 2.35 bits per heavy atom. The van der Waals surface area contributed by atoms with Crippen molar-refractivity contribution in [3.8, 4) is 0 Å². The zero-order valence-electron chi connectivity index (χ0n) is 18.7. The zero-order valence-corrected chi connectivity index (χ0v) is 18.7. The fourth-order valence-electron chi connectivity index (χ4n) is 3.61. The number of ether oxygens (including phenoxy) is 2. The molecule has 0 aliphatic carbocycles. The molecule has 1 unspecified atom stereocenters. The molecule has 0 spiro atoms. The van der Waals surface area contributed by atoms with Crippen molar-refractivity contribution >= 4 is 23.9 Å². The van der Waals surface area contributed by atoms with Crippen LogP contribution in [-0.2, 0) is 25.6 Å². The maximum absolute atomic E-state index is 12.7. The summed E-state index contributed by atoms with van der Waals surface area (Å²) in [4.78, 5) is 37.0. The average molecular weight is 427 g/mol. The molecular weight excluding hydrogens is 396 g/mol. The SMILES string of the molecule is CCOC(=O)c1c(/C=C/C(=O)NC(CC(=O)OC)c2ccccc2)c(C)n(CC)c1C. The van der Waals surface area contributed by atoms with Crippen molar-refractivity contribution in [1.29, 1.82) is 0 Å². The van der Waals surface area contributed by atoms with E-state index in [1.165, 1.54) is 13.2 Å². The van der Waals surface area contributed by atoms with Crippen molar-refractivity contribution in [2.24, 2.45) is 0 Å². The normalized spacial score (nSPS) is 11.9. The molecule has 1 heterocycles. The van der Waals surface area contributed by atoms with E-state index in [-0.39, 0.29) is 18.9 Å². The number of nitrogens with zero attached hydrogens (tertiary/aromatic N) is 1. The lowest BCUT2D eigenvalue weighted by molar-refractivity contribution is -0.141. The van der Waals surface area contributed by atoms with Gasteiger partial charge in [-0.3, -0.25) is 9.59 Å². The molecule has 31 heavy (non-hydrogen) atoms. The van der Waals surface area contributed by atoms with Crippen LogP contribution in [0.3, 0.4) is 0 Å². The highest BCUT2D eigenvalue weighted by Crippen LogP contribution is 2.25. The fourth-order valence-corrected chi connectivity index (χ4v) is 3.61. The Balaban J connectivity index is 2.30. The highest BCUT2D eigenvalue weighted by atomic mass is 16.5. The van der Waals surface area contributed by atoms with E-state index in [1.807, 2.05) is 55.7 Å². The van der Waals surface area contributed by atoms with Crippen molar-refractivity contribution < 1.29 is 23.9 Å². The molecule has 0 aliphatic rings. The quantitative estimate of drug-likeness (QED) is 0.488. The third-order valence-corrected chi connectivity index (χ3v) is 5.14. The first-order valence-electron chi connectivity index (χ1n) is 10.3. The van der Waals surface area contributed by atoms with Gasteiger partial charge in [0.25, 0.3) is 0 Å². The molecular formula is C24H30N2O5. The van der Waals surface area contributed by atoms with Crippen LogP contribution in [0.25, 0.3) is 6.08 Å². The van der Waals surface area contributed by atoms with Crippen LogP contribution < -0.4 is 5.32 Å². The van der Waals surface area contributed by atoms with Gasteiger partial charge in [-0.05, 0) is 39.3 Å². The van der Waals surface area contributed by atoms with Gasteiger partial charge >= 0.3 is 11.9 Å². The lowest BCUT2D eigenvalue weighted by Gasteiger charge is -2.17. The number of hydrogen-bond acceptors (Lipinski definition) is 5. The summed E-state index contributed by atoms with van der Waals surface area (Å²) in [6, 6.07) is 8.69. The molecule has 0 fully saturated rings. The van der Waals surface area contributed by atoms with Crippen LogP contribution in [0.1, 0.15) is 59.2 Å². The van der Waals surface area contributed by atoms with Gasteiger partial charge in [0.1, 0.15) is 0 Å². The summed E-state index contributed by atoms with van der Waals surface area (Å²) in [5.41, 5.74) is 3.58. The Morgan fingerprint density at radius 1 is 1.10 bits per heavy atom. The Morgan fingerprint density at radius 2 is 1.77 bits per heavy atom. The molecule has 1 aromatic heterocycles. The molecule has 1 amide bonds. The van der Waals surface area contributed by atoms with E-state index in [2.05, 4.69) is 5.32 Å². The van der Waals surface area contributed by atoms with E-state index in [0.29, 0.717) is 17.7 Å². The van der Waals surface area contributed by atoms with Crippen LogP contribution in [0.5, 0.6) is 0 Å². The summed E-state index contributed by atoms with van der Waals surface area (Å²) in [6.07, 6.45) is 3.01. The Hall–Kier alpha value is -3.35. The van der Waals surface area contributed by atoms with Crippen molar-refractivity contribution in [2.75, 3.05) is 13.7 Å². The molecule has 0 radical (unpaired) electrons. The maximum atomic E-state index is 12.7. The number of methoxy groups -OCH3 is 1. The van der Waals surface area contributed by atoms with Gasteiger partial charge in [0.2, 0.25) is 5.91 Å². The number of aromatic nitrogens is 1. The van der Waals surface area contributed by atoms with Crippen LogP contribution >= 0.6 is 0 Å². The summed E-state index contributed by atoms with van der Waals surface area (Å²) in [5, 5.41) is 2.85. The van der Waals surface area contributed by atoms with Gasteiger partial charge in [0.05, 0.1) is 31.7 Å². The first kappa shape index (κ1) is 23.9. The monoisotopic (exact) mass is 426 g/mol. The smallest absolute Gasteiger partial charge is 0.340 e. The van der Waals surface area contributed by atoms with E-state index in [4.69, 9.17) is 9.47 Å². The largest absolute Gasteiger partial charge is 0.469 e. The van der Waals surface area contributed by atoms with E-state index < -0.39 is 18.0 Å². The third-order valence-electron chi connectivity index (χ3n) is 5.14. The van der Waals surface area contributed by atoms with Gasteiger partial charge in [-0.25, -0.2) is 4.79 Å². The third kappa shape index (κ3) is 5.84. The maximum Gasteiger partial charge on any atom is 0.340 e. The number of benzene rings is 1. The van der Waals surface area contributed by atoms with Gasteiger partial charge < -0.3 is 19.4 Å². The molecule has 0 saturated carbocycles. The number of rotatable bonds is 9. The minimum Gasteiger partial charge on any atom is -0.469 e. The summed E-state index contributed by atoms with van der Waals surface area (Å²) in [5.74, 6) is -1.22. The molecule has 1 aromatic carbocycles. The Kier molecular flexibility index (Phi) is 8.61. The molecule has 0 bridgehead atoms. The van der Waals surface area contributed by atoms with Gasteiger partial charge in [-0.1, -0.05) is 30.3 Å². The average Bonchev–Trinajstić information content (AvgIpc) is 3.01. The minimum absolute atomic E-state index is 0.0124. The second-order valence-corrected chi connectivity index (χ2v) is 7.01. The molecule has 1 N–H and O–H groups in total. The molecule has 166 valence electrons. The predicted octanol–water partition coefficient (Wildman–Crippen LogP) is 3.74. The standard InChI is InChI=1S/C24H30N2O5/c1-6-26-16(3)19(23(17(26)4)24(29)31-7-2)13-14-21(27)25-20(15-22(28)30-5)18-11-9-8-10-12-18/h8-14,20H,6-7,15H2,1-5H3,(H,25,27)/b14-13+. The molecule has 7 nitrogen and oxygen atoms in total. The molecule has 7 heteroatoms. The first-order chi connectivity index (χ1) is 14.8. The zero-order chi connectivity index (χ0) is 23.0. The van der Waals surface area contributed by atoms with E-state index in [0.717, 1.165) is 17.0 Å². The molecule has 2 aromatic rings. The highest BCUT2D eigenvalue weighted by Gasteiger charge is 2.23. The van der Waals surface area contributed by atoms with Crippen LogP contribution in [0.15, 0.2) is 36.4 Å². The summed E-state index contributed by atoms with van der Waals surface area (Å²) < 4.78 is 12.0. The van der Waals surface area contributed by atoms with Gasteiger partial charge in [0.15, 0.2) is 0 Å². The van der Waals surface area contributed by atoms with E-state index in [9.17, 15) is 14.4 Å². The summed E-state index contributed by atoms with van der Waals surface area (Å²) in [6.45, 7) is 8.48. The topological polar surface area (TPSA) is 86.6 Å². The molecule has 2 rings (SSSR count). The van der Waals surface area contributed by atoms with Gasteiger partial charge in [-0.15, -0.1) is 0 Å². The van der Waals surface area contributed by atoms with Crippen molar-refractivity contribution in [3.05, 3.63) is 64.5 Å². The highest BCUT2D eigenvalue weighted by molar-refractivity contribution is 5.99. The number of carbonyl (C=O) groups excluding carboxylic acids is 3. The first-order valence-corrected chi connectivity index (χ1v) is 10.3. The second kappa shape index (κ2) is 11.2. The van der Waals surface area contributed by atoms with Gasteiger partial charge in [-0.2, -0.15) is 0 Å². The fraction of sp³-hybridized carbons (Fsp3) is 0.375. The number of amides is 1. The predicted molar refractivity (Wildman–Crippen MR) is 119 cm³/mol. The van der Waals surface area contributed by atoms with Crippen molar-refractivity contribution in [2.45, 2.75) is 46.7 Å². The summed E-state index contributed by atoms with van der Waals surface area (Å²) >= 11 is 0. The van der Waals surface area contributed by atoms with Crippen LogP contribution in [-0.4, -0.2) is 36.1 Å². The second-order valence-electron chi connectivity index (χ2n) is 7.01. The number of nitrogens with one attached hydrogen (secondary N) is 1. The number of esters is 2. The van der Waals surface area contributed by atoms with E-state index >= 15 is 0 Å². The van der Waals surface area contributed by atoms with Crippen LogP contribution in [0.2, 0.25) is 0 Å². The molecule has 0 aliphatic heterocycles. The van der Waals surface area contributed by atoms with Crippen molar-refractivity contribution in [1.82, 2.24) is 9.88 Å². The minimum atomic E-state index is -0.529. The van der Waals surface area contributed by atoms with Gasteiger partial charge in [0, 0.05) is 29.6 Å². The summed E-state index contributed by atoms with van der Waals surface area (Å²) in [7, 11) is 1.31. The van der Waals surface area contributed by atoms with Crippen molar-refractivity contribution in [3.63, 3.8) is 0 Å². The van der Waals surface area contributed by atoms with Crippen LogP contribution in [0.4, 0.5) is 0 Å². The number of carbonyl (C=O) groups is 3.